The van der Waals surface area contributed by atoms with Crippen molar-refractivity contribution in [3.8, 4) is 0 Å². The molecular formula is C126H130ClN9O12. The van der Waals surface area contributed by atoms with E-state index in [2.05, 4.69) is 202 Å². The standard InChI is InChI=1S/C25H29NO3.C25H23NO2.C24H22N2O2.2C20H20N2O2.C12H15NO.ClH/c1-24(2,3)22(27)16-18-8-10-19(11-9-18)23(28)26-14-12-25(13-15-26)21-7-5-4-6-20(21)17-29-25;27-24(12-10-19-9-11-20-5-1-2-6-21(20)17-19)26-15-13-25(14-16-26)23-8-4-3-7-22(23)18-28-25;27-23(10-9-18-15-19-5-2-4-8-22(19)25-16-18)26-13-11-24(12-14-26)21-7-3-1-6-20(21)17-28-24;23-19(8-7-16-4-3-11-21-14-16)22-12-9-20(10-13-22)18-6-2-1-5-17(18)15-24-20;23-19(6-5-16-7-11-21-12-8-16)22-13-9-20(10-14-22)18-4-2-1-3-17(18)15-24-20;1-2-4-11-10(3-1)9-14-12(11)5-7-13-8-6-12;/h4-11H,12-17H2,1-3H3;1-12,17H,13-16,18H2;1-10,15-16H,11-14,17H2;1-8,11,14H,9-10,12-13,15H2;1-8,11-12H,9-10,13-15H2;1-4,13H,5-9H2;1H/b;12-10+;10-9+;8-7+;6-5+;;. The summed E-state index contributed by atoms with van der Waals surface area (Å²) in [6.07, 6.45) is 34.0. The molecular weight excluding hydrogens is 1870 g/mol. The third kappa shape index (κ3) is 23.0. The van der Waals surface area contributed by atoms with E-state index >= 15 is 0 Å². The number of halogens is 1. The van der Waals surface area contributed by atoms with Gasteiger partial charge in [0.15, 0.2) is 0 Å². The summed E-state index contributed by atoms with van der Waals surface area (Å²) < 4.78 is 36.9. The predicted octanol–water partition coefficient (Wildman–Crippen LogP) is 22.2. The molecule has 25 rings (SSSR count). The minimum Gasteiger partial charge on any atom is -0.365 e. The van der Waals surface area contributed by atoms with Crippen LogP contribution in [0.15, 0.2) is 322 Å². The third-order valence-electron chi connectivity index (χ3n) is 31.7. The second-order valence-electron chi connectivity index (χ2n) is 41.5. The van der Waals surface area contributed by atoms with Gasteiger partial charge >= 0.3 is 0 Å². The summed E-state index contributed by atoms with van der Waals surface area (Å²) in [4.78, 5) is 97.4. The molecule has 6 spiro atoms. The van der Waals surface area contributed by atoms with Crippen LogP contribution < -0.4 is 5.32 Å². The number of aromatic nitrogens is 3. The number of hydrogen-bond acceptors (Lipinski definition) is 16. The van der Waals surface area contributed by atoms with Crippen molar-refractivity contribution >= 4 is 93.7 Å². The molecule has 0 aliphatic carbocycles. The summed E-state index contributed by atoms with van der Waals surface area (Å²) in [5.41, 5.74) is 20.9. The van der Waals surface area contributed by atoms with Crippen LogP contribution in [0.2, 0.25) is 0 Å². The number of amides is 5. The maximum absolute atomic E-state index is 13.0. The number of piperidine rings is 6. The lowest BCUT2D eigenvalue weighted by molar-refractivity contribution is -0.134. The minimum absolute atomic E-state index is 0. The first-order valence-electron chi connectivity index (χ1n) is 52.2. The van der Waals surface area contributed by atoms with Gasteiger partial charge in [-0.2, -0.15) is 0 Å². The lowest BCUT2D eigenvalue weighted by Gasteiger charge is -2.39. The van der Waals surface area contributed by atoms with Crippen molar-refractivity contribution in [1.29, 1.82) is 0 Å². The molecule has 0 atom stereocenters. The van der Waals surface area contributed by atoms with Crippen LogP contribution in [0.1, 0.15) is 203 Å². The van der Waals surface area contributed by atoms with E-state index < -0.39 is 0 Å². The summed E-state index contributed by atoms with van der Waals surface area (Å²) in [6, 6.07) is 90.5. The SMILES string of the molecule is CC(C)(C)C(=O)Cc1ccc(C(=O)N2CCC3(CC2)OCc2ccccc23)cc1.Cl.O=C(/C=C/c1ccc2ccccc2c1)N1CCC2(CC1)OCc1ccccc12.O=C(/C=C/c1cccnc1)N1CCC2(CC1)OCc1ccccc12.O=C(/C=C/c1ccncc1)N1CCC2(CC1)OCc1ccccc12.O=C(/C=C/c1cnc2ccccc2c1)N1CCC2(CC1)OCc1ccccc12.c1ccc2c(c1)COC21CCNCC1. The van der Waals surface area contributed by atoms with Crippen molar-refractivity contribution in [2.75, 3.05) is 78.5 Å². The van der Waals surface area contributed by atoms with Crippen LogP contribution in [0.3, 0.4) is 0 Å². The zero-order valence-electron chi connectivity index (χ0n) is 84.7. The Bertz CT molecular complexity index is 6720. The number of ketones is 1. The van der Waals surface area contributed by atoms with E-state index in [0.29, 0.717) is 71.2 Å². The van der Waals surface area contributed by atoms with E-state index in [0.717, 1.165) is 175 Å². The Balaban J connectivity index is 0.000000113. The van der Waals surface area contributed by atoms with Crippen LogP contribution in [-0.2, 0) is 132 Å². The second kappa shape index (κ2) is 45.9. The summed E-state index contributed by atoms with van der Waals surface area (Å²) >= 11 is 0. The van der Waals surface area contributed by atoms with Gasteiger partial charge in [0.05, 0.1) is 78.8 Å². The van der Waals surface area contributed by atoms with Gasteiger partial charge in [-0.05, 0) is 268 Å². The first-order chi connectivity index (χ1) is 71.7. The van der Waals surface area contributed by atoms with Gasteiger partial charge in [-0.1, -0.05) is 239 Å². The van der Waals surface area contributed by atoms with Gasteiger partial charge in [0.25, 0.3) is 5.91 Å². The summed E-state index contributed by atoms with van der Waals surface area (Å²) in [6.45, 7) is 19.4. The van der Waals surface area contributed by atoms with Crippen LogP contribution >= 0.6 is 12.4 Å². The van der Waals surface area contributed by atoms with Gasteiger partial charge < -0.3 is 58.2 Å². The summed E-state index contributed by atoms with van der Waals surface area (Å²) in [7, 11) is 0. The maximum Gasteiger partial charge on any atom is 0.253 e. The first kappa shape index (κ1) is 103. The highest BCUT2D eigenvalue weighted by atomic mass is 35.5. The Labute approximate surface area is 873 Å². The van der Waals surface area contributed by atoms with Crippen molar-refractivity contribution < 1.29 is 57.2 Å². The lowest BCUT2D eigenvalue weighted by atomic mass is 9.83. The maximum atomic E-state index is 13.0. The molecule has 21 nitrogen and oxygen atoms in total. The molecule has 12 aliphatic rings. The smallest absolute Gasteiger partial charge is 0.253 e. The number of carbonyl (C=O) groups excluding carboxylic acids is 6. The fraction of sp³-hybridized carbons (Fsp3) is 0.325. The van der Waals surface area contributed by atoms with Crippen molar-refractivity contribution in [1.82, 2.24) is 44.8 Å². The number of nitrogens with one attached hydrogen (secondary N) is 1. The normalized spacial score (nSPS) is 18.7. The van der Waals surface area contributed by atoms with E-state index in [4.69, 9.17) is 28.4 Å². The number of para-hydroxylation sites is 1. The van der Waals surface area contributed by atoms with E-state index in [1.807, 2.05) is 155 Å². The number of ether oxygens (including phenoxy) is 6. The number of likely N-dealkylation sites (tertiary alicyclic amines) is 5. The first-order valence-corrected chi connectivity index (χ1v) is 52.2. The highest BCUT2D eigenvalue weighted by Gasteiger charge is 2.49. The minimum atomic E-state index is -0.348. The molecule has 22 heteroatoms. The Morgan fingerprint density at radius 2 is 0.642 bits per heavy atom. The van der Waals surface area contributed by atoms with E-state index in [1.54, 1.807) is 55.3 Å². The molecule has 15 heterocycles. The van der Waals surface area contributed by atoms with Crippen molar-refractivity contribution in [2.45, 2.75) is 177 Å². The number of rotatable bonds is 11. The molecule has 0 bridgehead atoms. The summed E-state index contributed by atoms with van der Waals surface area (Å²) in [5.74, 6) is 0.506. The van der Waals surface area contributed by atoms with Crippen LogP contribution in [0, 0.1) is 5.41 Å². The number of Topliss-reactive ketones (excluding diaryl/α,β-unsaturated/α-hetero) is 1. The molecule has 5 amide bonds. The Morgan fingerprint density at radius 1 is 0.311 bits per heavy atom. The lowest BCUT2D eigenvalue weighted by Crippen LogP contribution is -2.45. The number of hydrogen-bond donors (Lipinski definition) is 1. The average molecular weight is 2000 g/mol. The van der Waals surface area contributed by atoms with Crippen LogP contribution in [0.4, 0.5) is 0 Å². The molecule has 12 aliphatic heterocycles. The fourth-order valence-corrected chi connectivity index (χ4v) is 23.0. The zero-order chi connectivity index (χ0) is 101. The van der Waals surface area contributed by atoms with Crippen molar-refractivity contribution in [3.63, 3.8) is 0 Å². The molecule has 6 saturated heterocycles. The third-order valence-corrected chi connectivity index (χ3v) is 31.7. The van der Waals surface area contributed by atoms with Crippen LogP contribution in [0.25, 0.3) is 46.0 Å². The van der Waals surface area contributed by atoms with Crippen molar-refractivity contribution in [2.24, 2.45) is 5.41 Å². The largest absolute Gasteiger partial charge is 0.365 e. The predicted molar refractivity (Wildman–Crippen MR) is 580 cm³/mol. The van der Waals surface area contributed by atoms with Crippen LogP contribution in [-0.4, -0.2) is 153 Å². The van der Waals surface area contributed by atoms with Gasteiger partial charge in [0.1, 0.15) is 5.78 Å². The summed E-state index contributed by atoms with van der Waals surface area (Å²) in [5, 5.41) is 6.87. The molecule has 1 N–H and O–H groups in total. The number of pyridine rings is 3. The zero-order valence-corrected chi connectivity index (χ0v) is 85.5. The molecule has 0 saturated carbocycles. The van der Waals surface area contributed by atoms with Crippen LogP contribution in [0.5, 0.6) is 0 Å². The van der Waals surface area contributed by atoms with E-state index in [-0.39, 0.29) is 86.7 Å². The topological polar surface area (TPSA) is 225 Å². The molecule has 0 radical (unpaired) electrons. The Morgan fingerprint density at radius 3 is 1.03 bits per heavy atom. The highest BCUT2D eigenvalue weighted by molar-refractivity contribution is 5.96. The molecule has 3 aromatic heterocycles. The van der Waals surface area contributed by atoms with Gasteiger partial charge in [0.2, 0.25) is 23.6 Å². The van der Waals surface area contributed by atoms with E-state index in [1.165, 1.54) is 77.5 Å². The van der Waals surface area contributed by atoms with Gasteiger partial charge in [-0.3, -0.25) is 43.7 Å². The quantitative estimate of drug-likeness (QED) is 0.119. The number of benzene rings is 10. The van der Waals surface area contributed by atoms with Gasteiger partial charge in [-0.25, -0.2) is 0 Å². The molecule has 13 aromatic rings. The second-order valence-corrected chi connectivity index (χ2v) is 41.5. The highest BCUT2D eigenvalue weighted by Crippen LogP contribution is 2.51. The Kier molecular flexibility index (Phi) is 31.8. The number of nitrogens with zero attached hydrogens (tertiary/aromatic N) is 8. The molecule has 758 valence electrons. The Hall–Kier alpha value is -13.8. The fourth-order valence-electron chi connectivity index (χ4n) is 23.0. The van der Waals surface area contributed by atoms with Gasteiger partial charge in [0, 0.05) is 144 Å². The molecule has 0 unspecified atom stereocenters. The monoisotopic (exact) mass is 2000 g/mol. The van der Waals surface area contributed by atoms with Gasteiger partial charge in [-0.15, -0.1) is 12.4 Å². The average Bonchev–Trinajstić information content (AvgIpc) is 1.63. The molecule has 148 heavy (non-hydrogen) atoms. The van der Waals surface area contributed by atoms with E-state index in [9.17, 15) is 28.8 Å². The number of carbonyl (C=O) groups is 6. The molecule has 6 fully saturated rings. The molecule has 10 aromatic carbocycles. The number of fused-ring (bicyclic) bond motifs is 14. The van der Waals surface area contributed by atoms with Crippen molar-refractivity contribution in [3.05, 3.63) is 422 Å².